The van der Waals surface area contributed by atoms with Crippen LogP contribution in [0.3, 0.4) is 0 Å². The predicted octanol–water partition coefficient (Wildman–Crippen LogP) is 4.27. The molecule has 3 nitrogen and oxygen atoms in total. The quantitative estimate of drug-likeness (QED) is 0.816. The van der Waals surface area contributed by atoms with Gasteiger partial charge in [0.05, 0.1) is 6.10 Å². The van der Waals surface area contributed by atoms with Crippen molar-refractivity contribution in [2.24, 2.45) is 0 Å². The Bertz CT molecular complexity index is 525. The Morgan fingerprint density at radius 3 is 2.57 bits per heavy atom. The number of benzene rings is 1. The fourth-order valence-corrected chi connectivity index (χ4v) is 4.07. The smallest absolute Gasteiger partial charge is 0.204 e. The fraction of sp³-hybridized carbons (Fsp3) is 0.684. The van der Waals surface area contributed by atoms with Crippen LogP contribution in [0.2, 0.25) is 13.1 Å². The monoisotopic (exact) mass is 334 g/mol. The first-order valence-corrected chi connectivity index (χ1v) is 11.2. The van der Waals surface area contributed by atoms with Crippen molar-refractivity contribution in [3.8, 4) is 0 Å². The first kappa shape index (κ1) is 18.5. The normalized spacial score (nSPS) is 21.7. The lowest BCUT2D eigenvalue weighted by molar-refractivity contribution is 0.142. The van der Waals surface area contributed by atoms with E-state index in [9.17, 15) is 5.11 Å². The van der Waals surface area contributed by atoms with Gasteiger partial charge >= 0.3 is 0 Å². The number of fused-ring (bicyclic) bond motifs is 1. The third-order valence-electron chi connectivity index (χ3n) is 4.64. The molecule has 129 valence electrons. The van der Waals surface area contributed by atoms with Crippen LogP contribution >= 0.6 is 0 Å². The first-order chi connectivity index (χ1) is 10.8. The van der Waals surface area contributed by atoms with Crippen molar-refractivity contribution in [1.82, 2.24) is 0 Å². The minimum absolute atomic E-state index is 0.0693. The Balaban J connectivity index is 2.35. The average Bonchev–Trinajstić information content (AvgIpc) is 2.45. The van der Waals surface area contributed by atoms with Crippen molar-refractivity contribution in [2.75, 3.05) is 18.1 Å². The Labute approximate surface area is 143 Å². The van der Waals surface area contributed by atoms with Gasteiger partial charge in [-0.1, -0.05) is 39.0 Å². The summed E-state index contributed by atoms with van der Waals surface area (Å²) in [6.07, 6.45) is 1.42. The number of para-hydroxylation sites is 1. The molecule has 0 bridgehead atoms. The van der Waals surface area contributed by atoms with E-state index in [2.05, 4.69) is 63.9 Å². The Kier molecular flexibility index (Phi) is 5.92. The van der Waals surface area contributed by atoms with Gasteiger partial charge in [-0.05, 0) is 43.8 Å². The molecular weight excluding hydrogens is 302 g/mol. The van der Waals surface area contributed by atoms with Crippen LogP contribution in [-0.4, -0.2) is 33.3 Å². The molecule has 2 unspecified atom stereocenters. The van der Waals surface area contributed by atoms with Crippen LogP contribution in [0.4, 0.5) is 5.69 Å². The Morgan fingerprint density at radius 2 is 2.00 bits per heavy atom. The Morgan fingerprint density at radius 1 is 1.30 bits per heavy atom. The van der Waals surface area contributed by atoms with E-state index >= 15 is 0 Å². The highest BCUT2D eigenvalue weighted by molar-refractivity contribution is 6.48. The van der Waals surface area contributed by atoms with Crippen molar-refractivity contribution in [3.63, 3.8) is 0 Å². The van der Waals surface area contributed by atoms with E-state index in [-0.39, 0.29) is 11.5 Å². The molecule has 1 radical (unpaired) electrons. The average molecular weight is 335 g/mol. The van der Waals surface area contributed by atoms with Gasteiger partial charge in [-0.3, -0.25) is 0 Å². The topological polar surface area (TPSA) is 32.7 Å². The SMILES string of the molecule is CCN1c2c(cccc2C(C)(C)C)C(O)CC1CCO[Si](C)C. The van der Waals surface area contributed by atoms with E-state index in [1.165, 1.54) is 11.3 Å². The van der Waals surface area contributed by atoms with Gasteiger partial charge in [-0.25, -0.2) is 0 Å². The molecule has 0 amide bonds. The summed E-state index contributed by atoms with van der Waals surface area (Å²) < 4.78 is 5.85. The minimum atomic E-state index is -0.644. The second kappa shape index (κ2) is 7.37. The fourth-order valence-electron chi connectivity index (χ4n) is 3.54. The zero-order valence-corrected chi connectivity index (χ0v) is 16.5. The number of aliphatic hydroxyl groups excluding tert-OH is 1. The van der Waals surface area contributed by atoms with Crippen molar-refractivity contribution < 1.29 is 9.53 Å². The molecule has 23 heavy (non-hydrogen) atoms. The highest BCUT2D eigenvalue weighted by Gasteiger charge is 2.34. The van der Waals surface area contributed by atoms with Gasteiger partial charge in [-0.2, -0.15) is 0 Å². The van der Waals surface area contributed by atoms with Crippen LogP contribution < -0.4 is 4.90 Å². The third kappa shape index (κ3) is 4.17. The predicted molar refractivity (Wildman–Crippen MR) is 99.6 cm³/mol. The van der Waals surface area contributed by atoms with E-state index < -0.39 is 9.04 Å². The zero-order valence-electron chi connectivity index (χ0n) is 15.5. The lowest BCUT2D eigenvalue weighted by Gasteiger charge is -2.43. The molecule has 2 rings (SSSR count). The van der Waals surface area contributed by atoms with Crippen molar-refractivity contribution in [1.29, 1.82) is 0 Å². The van der Waals surface area contributed by atoms with Crippen LogP contribution in [0.1, 0.15) is 57.8 Å². The Hall–Kier alpha value is -0.843. The maximum atomic E-state index is 10.7. The summed E-state index contributed by atoms with van der Waals surface area (Å²) in [7, 11) is -0.644. The first-order valence-electron chi connectivity index (χ1n) is 8.76. The standard InChI is InChI=1S/C19H32NO2Si/c1-7-20-14(11-12-22-23(5)6)13-17(21)15-9-8-10-16(18(15)20)19(2,3)4/h8-10,14,17,21H,7,11-13H2,1-6H3. The molecule has 2 atom stereocenters. The van der Waals surface area contributed by atoms with Gasteiger partial charge < -0.3 is 14.4 Å². The number of aliphatic hydroxyl groups is 1. The second-order valence-corrected chi connectivity index (χ2v) is 9.84. The third-order valence-corrected chi connectivity index (χ3v) is 5.42. The highest BCUT2D eigenvalue weighted by atomic mass is 28.3. The van der Waals surface area contributed by atoms with Crippen LogP contribution in [0, 0.1) is 0 Å². The number of hydrogen-bond donors (Lipinski definition) is 1. The van der Waals surface area contributed by atoms with Gasteiger partial charge in [0.25, 0.3) is 0 Å². The maximum absolute atomic E-state index is 10.7. The van der Waals surface area contributed by atoms with Gasteiger partial charge in [0.15, 0.2) is 0 Å². The van der Waals surface area contributed by atoms with Gasteiger partial charge in [0.2, 0.25) is 9.04 Å². The molecule has 0 saturated heterocycles. The minimum Gasteiger partial charge on any atom is -0.417 e. The molecule has 0 aliphatic carbocycles. The van der Waals surface area contributed by atoms with Gasteiger partial charge in [-0.15, -0.1) is 0 Å². The number of hydrogen-bond acceptors (Lipinski definition) is 3. The van der Waals surface area contributed by atoms with Crippen molar-refractivity contribution >= 4 is 14.7 Å². The largest absolute Gasteiger partial charge is 0.417 e. The molecule has 0 aromatic heterocycles. The highest BCUT2D eigenvalue weighted by Crippen LogP contribution is 2.43. The lowest BCUT2D eigenvalue weighted by atomic mass is 9.80. The summed E-state index contributed by atoms with van der Waals surface area (Å²) >= 11 is 0. The second-order valence-electron chi connectivity index (χ2n) is 7.73. The zero-order chi connectivity index (χ0) is 17.2. The number of anilines is 1. The van der Waals surface area contributed by atoms with Gasteiger partial charge in [0, 0.05) is 30.4 Å². The van der Waals surface area contributed by atoms with Crippen molar-refractivity contribution in [2.45, 2.75) is 71.2 Å². The summed E-state index contributed by atoms with van der Waals surface area (Å²) in [6, 6.07) is 6.74. The maximum Gasteiger partial charge on any atom is 0.204 e. The summed E-state index contributed by atoms with van der Waals surface area (Å²) in [5, 5.41) is 10.7. The summed E-state index contributed by atoms with van der Waals surface area (Å²) in [5.41, 5.74) is 3.74. The van der Waals surface area contributed by atoms with Crippen LogP contribution in [0.25, 0.3) is 0 Å². The molecule has 1 heterocycles. The van der Waals surface area contributed by atoms with Crippen molar-refractivity contribution in [3.05, 3.63) is 29.3 Å². The van der Waals surface area contributed by atoms with E-state index in [0.29, 0.717) is 6.04 Å². The molecule has 1 aliphatic heterocycles. The molecule has 0 fully saturated rings. The van der Waals surface area contributed by atoms with E-state index in [1.807, 2.05) is 0 Å². The number of rotatable bonds is 5. The number of nitrogens with zero attached hydrogens (tertiary/aromatic N) is 1. The van der Waals surface area contributed by atoms with Gasteiger partial charge in [0.1, 0.15) is 0 Å². The molecule has 0 spiro atoms. The van der Waals surface area contributed by atoms with E-state index in [1.54, 1.807) is 0 Å². The molecule has 1 aliphatic rings. The van der Waals surface area contributed by atoms with Crippen LogP contribution in [-0.2, 0) is 9.84 Å². The van der Waals surface area contributed by atoms with Crippen LogP contribution in [0.5, 0.6) is 0 Å². The molecule has 0 saturated carbocycles. The summed E-state index contributed by atoms with van der Waals surface area (Å²) in [6.45, 7) is 15.1. The van der Waals surface area contributed by atoms with E-state index in [4.69, 9.17) is 4.43 Å². The lowest BCUT2D eigenvalue weighted by Crippen LogP contribution is -2.43. The summed E-state index contributed by atoms with van der Waals surface area (Å²) in [4.78, 5) is 2.49. The molecule has 1 aromatic carbocycles. The summed E-state index contributed by atoms with van der Waals surface area (Å²) in [5.74, 6) is 0. The molecule has 1 N–H and O–H groups in total. The molecule has 4 heteroatoms. The molecule has 1 aromatic rings. The van der Waals surface area contributed by atoms with E-state index in [0.717, 1.165) is 31.6 Å². The molecular formula is C19H32NO2Si. The van der Waals surface area contributed by atoms with Crippen LogP contribution in [0.15, 0.2) is 18.2 Å².